The summed E-state index contributed by atoms with van der Waals surface area (Å²) in [4.78, 5) is 42.5. The molecule has 210 valence electrons. The topological polar surface area (TPSA) is 99.8 Å². The third-order valence-corrected chi connectivity index (χ3v) is 6.76. The van der Waals surface area contributed by atoms with E-state index in [0.29, 0.717) is 18.6 Å². The molecule has 2 aliphatic rings. The van der Waals surface area contributed by atoms with Crippen LogP contribution in [-0.2, 0) is 20.8 Å². The lowest BCUT2D eigenvalue weighted by atomic mass is 9.96. The zero-order valence-electron chi connectivity index (χ0n) is 23.8. The van der Waals surface area contributed by atoms with Gasteiger partial charge in [0.2, 0.25) is 17.7 Å². The van der Waals surface area contributed by atoms with Crippen LogP contribution in [0.4, 0.5) is 0 Å². The molecule has 2 aliphatic heterocycles. The van der Waals surface area contributed by atoms with Gasteiger partial charge in [-0.3, -0.25) is 19.3 Å². The van der Waals surface area contributed by atoms with Crippen molar-refractivity contribution in [3.63, 3.8) is 0 Å². The molecule has 2 heterocycles. The number of hydrogen-bond donors (Lipinski definition) is 3. The number of carbonyl (C=O) groups excluding carboxylic acids is 3. The van der Waals surface area contributed by atoms with Crippen LogP contribution in [-0.4, -0.2) is 60.9 Å². The first-order chi connectivity index (χ1) is 18.5. The van der Waals surface area contributed by atoms with Crippen molar-refractivity contribution in [1.29, 1.82) is 0 Å². The highest BCUT2D eigenvalue weighted by atomic mass is 16.5. The van der Waals surface area contributed by atoms with Gasteiger partial charge >= 0.3 is 0 Å². The maximum absolute atomic E-state index is 13.9. The molecule has 4 atom stereocenters. The maximum atomic E-state index is 13.9. The summed E-state index contributed by atoms with van der Waals surface area (Å²) in [5.41, 5.74) is 1.91. The van der Waals surface area contributed by atoms with Crippen LogP contribution in [0.1, 0.15) is 45.2 Å². The molecule has 2 aromatic carbocycles. The van der Waals surface area contributed by atoms with Gasteiger partial charge in [0.1, 0.15) is 23.9 Å². The van der Waals surface area contributed by atoms with E-state index in [0.717, 1.165) is 11.1 Å². The van der Waals surface area contributed by atoms with Crippen molar-refractivity contribution >= 4 is 23.8 Å². The zero-order chi connectivity index (χ0) is 28.5. The van der Waals surface area contributed by atoms with Crippen molar-refractivity contribution in [3.05, 3.63) is 71.9 Å². The fourth-order valence-electron chi connectivity index (χ4n) is 4.58. The smallest absolute Gasteiger partial charge is 0.247 e. The Hall–Kier alpha value is -3.65. The van der Waals surface area contributed by atoms with E-state index in [-0.39, 0.29) is 23.7 Å². The van der Waals surface area contributed by atoms with Gasteiger partial charge in [-0.05, 0) is 68.1 Å². The Morgan fingerprint density at radius 2 is 1.64 bits per heavy atom. The molecule has 2 bridgehead atoms. The normalized spacial score (nSPS) is 21.6. The summed E-state index contributed by atoms with van der Waals surface area (Å²) in [5, 5.41) is 8.70. The average molecular weight is 535 g/mol. The van der Waals surface area contributed by atoms with Gasteiger partial charge in [0.05, 0.1) is 6.04 Å². The van der Waals surface area contributed by atoms with E-state index in [1.165, 1.54) is 0 Å². The molecule has 8 heteroatoms. The van der Waals surface area contributed by atoms with E-state index in [1.54, 1.807) is 12.3 Å². The number of nitrogens with zero attached hydrogens (tertiary/aromatic N) is 1. The highest BCUT2D eigenvalue weighted by Crippen LogP contribution is 2.21. The SMILES string of the molecule is CC(C)C[C@H]1NC(=O)[C@@H](NC(=O)[C@H](Cc2ccccc2)N(C)C)[C@H](C(C)C)Oc2ccc(cc2)/C=C\NC1=O. The standard InChI is InChI=1S/C31H42N4O4/c1-20(2)18-25-29(36)32-17-16-22-12-14-24(15-13-22)39-28(21(3)4)27(31(38)33-25)34-30(37)26(35(5)6)19-23-10-8-7-9-11-23/h7-17,20-21,25-28H,18-19H2,1-6H3,(H,32,36)(H,33,38)(H,34,37)/b17-16-/t25-,26+,27+,28+/m1/s1. The summed E-state index contributed by atoms with van der Waals surface area (Å²) < 4.78 is 6.35. The molecule has 0 saturated heterocycles. The molecule has 3 N–H and O–H groups in total. The molecule has 0 spiro atoms. The summed E-state index contributed by atoms with van der Waals surface area (Å²) in [6.45, 7) is 7.88. The lowest BCUT2D eigenvalue weighted by Gasteiger charge is -2.34. The van der Waals surface area contributed by atoms with Crippen LogP contribution >= 0.6 is 0 Å². The van der Waals surface area contributed by atoms with E-state index >= 15 is 0 Å². The lowest BCUT2D eigenvalue weighted by molar-refractivity contribution is -0.136. The molecule has 0 fully saturated rings. The Bertz CT molecular complexity index is 1130. The number of fused-ring (bicyclic) bond motifs is 10. The van der Waals surface area contributed by atoms with Crippen molar-refractivity contribution < 1.29 is 19.1 Å². The molecule has 0 aliphatic carbocycles. The number of nitrogens with one attached hydrogen (secondary N) is 3. The third-order valence-electron chi connectivity index (χ3n) is 6.76. The second-order valence-electron chi connectivity index (χ2n) is 11.1. The van der Waals surface area contributed by atoms with Gasteiger partial charge < -0.3 is 20.7 Å². The summed E-state index contributed by atoms with van der Waals surface area (Å²) >= 11 is 0. The number of ether oxygens (including phenoxy) is 1. The minimum atomic E-state index is -1.03. The minimum absolute atomic E-state index is 0.127. The molecule has 0 radical (unpaired) electrons. The number of amides is 3. The average Bonchev–Trinajstić information content (AvgIpc) is 2.89. The van der Waals surface area contributed by atoms with Crippen LogP contribution in [0.2, 0.25) is 0 Å². The monoisotopic (exact) mass is 534 g/mol. The quantitative estimate of drug-likeness (QED) is 0.482. The molecule has 3 amide bonds. The second kappa shape index (κ2) is 13.9. The van der Waals surface area contributed by atoms with E-state index in [9.17, 15) is 14.4 Å². The van der Waals surface area contributed by atoms with Crippen molar-refractivity contribution in [1.82, 2.24) is 20.9 Å². The van der Waals surface area contributed by atoms with Gasteiger partial charge in [0.25, 0.3) is 0 Å². The van der Waals surface area contributed by atoms with Gasteiger partial charge in [-0.2, -0.15) is 0 Å². The predicted octanol–water partition coefficient (Wildman–Crippen LogP) is 3.38. The van der Waals surface area contributed by atoms with Crippen LogP contribution < -0.4 is 20.7 Å². The Labute approximate surface area is 232 Å². The van der Waals surface area contributed by atoms with Crippen molar-refractivity contribution in [2.75, 3.05) is 14.1 Å². The first-order valence-corrected chi connectivity index (χ1v) is 13.6. The van der Waals surface area contributed by atoms with E-state index in [4.69, 9.17) is 4.74 Å². The van der Waals surface area contributed by atoms with Crippen LogP contribution in [0.3, 0.4) is 0 Å². The first kappa shape index (κ1) is 29.9. The van der Waals surface area contributed by atoms with Crippen molar-refractivity contribution in [2.45, 2.75) is 64.8 Å². The summed E-state index contributed by atoms with van der Waals surface area (Å²) in [5.74, 6) is -0.446. The maximum Gasteiger partial charge on any atom is 0.247 e. The van der Waals surface area contributed by atoms with Crippen LogP contribution in [0.25, 0.3) is 6.08 Å². The van der Waals surface area contributed by atoms with Gasteiger partial charge in [-0.25, -0.2) is 0 Å². The number of likely N-dealkylation sites (N-methyl/N-ethyl adjacent to an activating group) is 1. The van der Waals surface area contributed by atoms with Crippen LogP contribution in [0.5, 0.6) is 5.75 Å². The summed E-state index contributed by atoms with van der Waals surface area (Å²) in [6, 6.07) is 14.8. The summed E-state index contributed by atoms with van der Waals surface area (Å²) in [7, 11) is 3.69. The van der Waals surface area contributed by atoms with Gasteiger partial charge in [-0.15, -0.1) is 0 Å². The van der Waals surface area contributed by atoms with Gasteiger partial charge in [-0.1, -0.05) is 70.2 Å². The molecule has 8 nitrogen and oxygen atoms in total. The van der Waals surface area contributed by atoms with Crippen molar-refractivity contribution in [2.24, 2.45) is 11.8 Å². The molecule has 0 aromatic heterocycles. The number of benzene rings is 2. The largest absolute Gasteiger partial charge is 0.487 e. The van der Waals surface area contributed by atoms with Gasteiger partial charge in [0, 0.05) is 6.20 Å². The minimum Gasteiger partial charge on any atom is -0.487 e. The van der Waals surface area contributed by atoms with E-state index in [1.807, 2.05) is 101 Å². The molecular weight excluding hydrogens is 492 g/mol. The third kappa shape index (κ3) is 8.68. The van der Waals surface area contributed by atoms with Crippen molar-refractivity contribution in [3.8, 4) is 5.75 Å². The zero-order valence-corrected chi connectivity index (χ0v) is 23.8. The molecular formula is C31H42N4O4. The molecule has 0 unspecified atom stereocenters. The highest BCUT2D eigenvalue weighted by molar-refractivity contribution is 5.94. The van der Waals surface area contributed by atoms with Crippen LogP contribution in [0.15, 0.2) is 60.8 Å². The molecule has 4 rings (SSSR count). The number of hydrogen-bond acceptors (Lipinski definition) is 5. The van der Waals surface area contributed by atoms with E-state index in [2.05, 4.69) is 16.0 Å². The Morgan fingerprint density at radius 3 is 2.23 bits per heavy atom. The molecule has 0 saturated carbocycles. The Morgan fingerprint density at radius 1 is 0.974 bits per heavy atom. The van der Waals surface area contributed by atoms with Crippen LogP contribution in [0, 0.1) is 11.8 Å². The summed E-state index contributed by atoms with van der Waals surface area (Å²) in [6.07, 6.45) is 3.61. The second-order valence-corrected chi connectivity index (χ2v) is 11.1. The first-order valence-electron chi connectivity index (χ1n) is 13.6. The number of rotatable bonds is 8. The fourth-order valence-corrected chi connectivity index (χ4v) is 4.58. The lowest BCUT2D eigenvalue weighted by Crippen LogP contribution is -2.62. The Kier molecular flexibility index (Phi) is 10.7. The molecule has 2 aromatic rings. The number of carbonyl (C=O) groups is 3. The van der Waals surface area contributed by atoms with Gasteiger partial charge in [0.15, 0.2) is 0 Å². The predicted molar refractivity (Wildman–Crippen MR) is 154 cm³/mol. The highest BCUT2D eigenvalue weighted by Gasteiger charge is 2.38. The fraction of sp³-hybridized carbons (Fsp3) is 0.452. The molecule has 39 heavy (non-hydrogen) atoms. The Balaban J connectivity index is 1.98. The van der Waals surface area contributed by atoms with E-state index < -0.39 is 30.1 Å².